The average molecular weight is 336 g/mol. The van der Waals surface area contributed by atoms with E-state index < -0.39 is 40.7 Å². The van der Waals surface area contributed by atoms with E-state index in [1.165, 1.54) is 0 Å². The summed E-state index contributed by atoms with van der Waals surface area (Å²) in [6, 6.07) is 2.15. The molecule has 0 saturated heterocycles. The number of halogens is 4. The van der Waals surface area contributed by atoms with Crippen LogP contribution in [0.15, 0.2) is 18.2 Å². The van der Waals surface area contributed by atoms with E-state index in [2.05, 4.69) is 0 Å². The maximum atomic E-state index is 13.7. The van der Waals surface area contributed by atoms with E-state index >= 15 is 0 Å². The number of nitrogens with one attached hydrogen (secondary N) is 1. The number of alkyl halides is 3. The smallest absolute Gasteiger partial charge is 0.426 e. The highest BCUT2D eigenvalue weighted by Crippen LogP contribution is 2.33. The Morgan fingerprint density at radius 1 is 1.17 bits per heavy atom. The lowest BCUT2D eigenvalue weighted by Crippen LogP contribution is -2.46. The van der Waals surface area contributed by atoms with E-state index in [1.54, 1.807) is 20.8 Å². The topological polar surface area (TPSA) is 58.6 Å². The first kappa shape index (κ1) is 18.7. The summed E-state index contributed by atoms with van der Waals surface area (Å²) in [6.45, 7) is 4.69. The van der Waals surface area contributed by atoms with Crippen LogP contribution in [0, 0.1) is 5.82 Å². The molecule has 1 rings (SSSR count). The Kier molecular flexibility index (Phi) is 5.24. The number of benzene rings is 1. The SMILES string of the molecule is CN(NC(=O)OC(C)(C)C)C(=O)c1c(F)cccc1C(F)(F)F. The highest BCUT2D eigenvalue weighted by molar-refractivity contribution is 5.96. The quantitative estimate of drug-likeness (QED) is 0.632. The molecule has 0 aliphatic carbocycles. The molecule has 23 heavy (non-hydrogen) atoms. The highest BCUT2D eigenvalue weighted by atomic mass is 19.4. The summed E-state index contributed by atoms with van der Waals surface area (Å²) in [5.74, 6) is -2.70. The van der Waals surface area contributed by atoms with Crippen molar-refractivity contribution in [3.63, 3.8) is 0 Å². The Morgan fingerprint density at radius 3 is 2.22 bits per heavy atom. The van der Waals surface area contributed by atoms with Crippen LogP contribution in [0.25, 0.3) is 0 Å². The van der Waals surface area contributed by atoms with Gasteiger partial charge in [0.2, 0.25) is 0 Å². The molecule has 0 atom stereocenters. The number of ether oxygens (including phenoxy) is 1. The summed E-state index contributed by atoms with van der Waals surface area (Å²) in [4.78, 5) is 23.6. The lowest BCUT2D eigenvalue weighted by molar-refractivity contribution is -0.138. The van der Waals surface area contributed by atoms with Crippen LogP contribution in [-0.2, 0) is 10.9 Å². The molecular formula is C14H16F4N2O3. The van der Waals surface area contributed by atoms with Gasteiger partial charge in [-0.3, -0.25) is 9.80 Å². The van der Waals surface area contributed by atoms with Crippen LogP contribution in [-0.4, -0.2) is 29.7 Å². The maximum absolute atomic E-state index is 13.7. The average Bonchev–Trinajstić information content (AvgIpc) is 2.33. The Balaban J connectivity index is 3.04. The van der Waals surface area contributed by atoms with Crippen molar-refractivity contribution < 1.29 is 31.9 Å². The third-order valence-electron chi connectivity index (χ3n) is 2.50. The number of hydrogen-bond donors (Lipinski definition) is 1. The minimum absolute atomic E-state index is 0.432. The van der Waals surface area contributed by atoms with Crippen LogP contribution in [0.5, 0.6) is 0 Å². The fourth-order valence-corrected chi connectivity index (χ4v) is 1.63. The first-order valence-corrected chi connectivity index (χ1v) is 6.46. The first-order chi connectivity index (χ1) is 10.3. The molecule has 1 aromatic rings. The number of nitrogens with zero attached hydrogens (tertiary/aromatic N) is 1. The number of carbonyl (C=O) groups is 2. The second-order valence-corrected chi connectivity index (χ2v) is 5.64. The van der Waals surface area contributed by atoms with Gasteiger partial charge in [0.1, 0.15) is 11.4 Å². The van der Waals surface area contributed by atoms with Crippen molar-refractivity contribution in [3.05, 3.63) is 35.1 Å². The molecule has 0 fully saturated rings. The molecule has 1 N–H and O–H groups in total. The molecule has 128 valence electrons. The van der Waals surface area contributed by atoms with Gasteiger partial charge in [-0.2, -0.15) is 13.2 Å². The molecule has 5 nitrogen and oxygen atoms in total. The Hall–Kier alpha value is -2.32. The first-order valence-electron chi connectivity index (χ1n) is 6.46. The molecule has 2 amide bonds. The number of amides is 2. The standard InChI is InChI=1S/C14H16F4N2O3/c1-13(2,3)23-12(22)19-20(4)11(21)10-8(14(16,17)18)6-5-7-9(10)15/h5-7H,1-4H3,(H,19,22). The van der Waals surface area contributed by atoms with E-state index in [4.69, 9.17) is 4.74 Å². The van der Waals surface area contributed by atoms with Crippen molar-refractivity contribution in [1.82, 2.24) is 10.4 Å². The van der Waals surface area contributed by atoms with Crippen LogP contribution in [0.1, 0.15) is 36.7 Å². The van der Waals surface area contributed by atoms with Gasteiger partial charge in [0.05, 0.1) is 11.1 Å². The van der Waals surface area contributed by atoms with Crippen LogP contribution in [0.4, 0.5) is 22.4 Å². The molecular weight excluding hydrogens is 320 g/mol. The Labute approximate surface area is 130 Å². The van der Waals surface area contributed by atoms with Gasteiger partial charge in [-0.05, 0) is 32.9 Å². The van der Waals surface area contributed by atoms with Crippen molar-refractivity contribution >= 4 is 12.0 Å². The van der Waals surface area contributed by atoms with Crippen LogP contribution in [0.2, 0.25) is 0 Å². The van der Waals surface area contributed by atoms with E-state index in [1.807, 2.05) is 5.43 Å². The Morgan fingerprint density at radius 2 is 1.74 bits per heavy atom. The van der Waals surface area contributed by atoms with Crippen LogP contribution < -0.4 is 5.43 Å². The molecule has 0 aromatic heterocycles. The van der Waals surface area contributed by atoms with Crippen LogP contribution >= 0.6 is 0 Å². The highest BCUT2D eigenvalue weighted by Gasteiger charge is 2.37. The fourth-order valence-electron chi connectivity index (χ4n) is 1.63. The lowest BCUT2D eigenvalue weighted by Gasteiger charge is -2.24. The van der Waals surface area contributed by atoms with Crippen LogP contribution in [0.3, 0.4) is 0 Å². The van der Waals surface area contributed by atoms with Crippen molar-refractivity contribution in [2.24, 2.45) is 0 Å². The predicted octanol–water partition coefficient (Wildman–Crippen LogP) is 3.36. The van der Waals surface area contributed by atoms with Crippen molar-refractivity contribution in [1.29, 1.82) is 0 Å². The summed E-state index contributed by atoms with van der Waals surface area (Å²) in [5.41, 5.74) is -1.55. The van der Waals surface area contributed by atoms with E-state index in [9.17, 15) is 27.2 Å². The normalized spacial score (nSPS) is 11.8. The monoisotopic (exact) mass is 336 g/mol. The molecule has 0 saturated carbocycles. The molecule has 0 radical (unpaired) electrons. The van der Waals surface area contributed by atoms with Gasteiger partial charge in [0, 0.05) is 7.05 Å². The number of hydrazine groups is 1. The minimum atomic E-state index is -4.92. The zero-order valence-electron chi connectivity index (χ0n) is 12.9. The summed E-state index contributed by atoms with van der Waals surface area (Å²) < 4.78 is 57.2. The van der Waals surface area contributed by atoms with Gasteiger partial charge in [0.15, 0.2) is 0 Å². The van der Waals surface area contributed by atoms with Gasteiger partial charge >= 0.3 is 12.3 Å². The van der Waals surface area contributed by atoms with Gasteiger partial charge in [0.25, 0.3) is 5.91 Å². The third-order valence-corrected chi connectivity index (χ3v) is 2.50. The molecule has 1 aromatic carbocycles. The van der Waals surface area contributed by atoms with E-state index in [-0.39, 0.29) is 0 Å². The fraction of sp³-hybridized carbons (Fsp3) is 0.429. The zero-order chi connectivity index (χ0) is 18.0. The lowest BCUT2D eigenvalue weighted by atomic mass is 10.1. The molecule has 0 aliphatic rings. The third kappa shape index (κ3) is 5.11. The number of rotatable bonds is 1. The molecule has 0 aliphatic heterocycles. The molecule has 9 heteroatoms. The van der Waals surface area contributed by atoms with Crippen molar-refractivity contribution in [2.45, 2.75) is 32.5 Å². The minimum Gasteiger partial charge on any atom is -0.443 e. The van der Waals surface area contributed by atoms with Gasteiger partial charge in [-0.25, -0.2) is 14.6 Å². The number of hydrogen-bond acceptors (Lipinski definition) is 3. The molecule has 0 heterocycles. The van der Waals surface area contributed by atoms with E-state index in [0.717, 1.165) is 19.2 Å². The number of carbonyl (C=O) groups excluding carboxylic acids is 2. The van der Waals surface area contributed by atoms with Gasteiger partial charge in [-0.1, -0.05) is 6.07 Å². The van der Waals surface area contributed by atoms with Crippen molar-refractivity contribution in [3.8, 4) is 0 Å². The zero-order valence-corrected chi connectivity index (χ0v) is 12.9. The van der Waals surface area contributed by atoms with E-state index in [0.29, 0.717) is 11.1 Å². The second-order valence-electron chi connectivity index (χ2n) is 5.64. The Bertz CT molecular complexity index is 609. The predicted molar refractivity (Wildman–Crippen MR) is 72.9 cm³/mol. The summed E-state index contributed by atoms with van der Waals surface area (Å²) in [5, 5.41) is 0.432. The summed E-state index contributed by atoms with van der Waals surface area (Å²) in [7, 11) is 0.985. The van der Waals surface area contributed by atoms with Gasteiger partial charge in [-0.15, -0.1) is 0 Å². The summed E-state index contributed by atoms with van der Waals surface area (Å²) >= 11 is 0. The molecule has 0 bridgehead atoms. The largest absolute Gasteiger partial charge is 0.443 e. The maximum Gasteiger partial charge on any atom is 0.426 e. The van der Waals surface area contributed by atoms with Gasteiger partial charge < -0.3 is 4.74 Å². The van der Waals surface area contributed by atoms with Crippen molar-refractivity contribution in [2.75, 3.05) is 7.05 Å². The summed E-state index contributed by atoms with van der Waals surface area (Å²) in [6.07, 6.45) is -5.97. The molecule has 0 unspecified atom stereocenters. The second kappa shape index (κ2) is 6.43. The molecule has 0 spiro atoms.